The summed E-state index contributed by atoms with van der Waals surface area (Å²) >= 11 is 0. The number of carbonyl (C=O) groups excluding carboxylic acids is 1. The van der Waals surface area contributed by atoms with E-state index in [2.05, 4.69) is 0 Å². The van der Waals surface area contributed by atoms with E-state index in [1.54, 1.807) is 12.1 Å². The van der Waals surface area contributed by atoms with Crippen LogP contribution in [0.25, 0.3) is 0 Å². The molecule has 0 aliphatic carbocycles. The lowest BCUT2D eigenvalue weighted by Gasteiger charge is -2.29. The van der Waals surface area contributed by atoms with Crippen LogP contribution >= 0.6 is 0 Å². The molecule has 0 atom stereocenters. The number of nitro groups is 1. The van der Waals surface area contributed by atoms with Crippen molar-refractivity contribution in [1.82, 2.24) is 0 Å². The highest BCUT2D eigenvalue weighted by Gasteiger charge is 2.26. The summed E-state index contributed by atoms with van der Waals surface area (Å²) in [6, 6.07) is 13.2. The Morgan fingerprint density at radius 1 is 1.26 bits per heavy atom. The number of non-ortho nitro benzene ring substituents is 1. The Bertz CT molecular complexity index is 733. The molecule has 0 unspecified atom stereocenters. The summed E-state index contributed by atoms with van der Waals surface area (Å²) in [7, 11) is 0. The molecular formula is C16H14N2O5. The van der Waals surface area contributed by atoms with Crippen molar-refractivity contribution in [3.63, 3.8) is 0 Å². The first kappa shape index (κ1) is 14.8. The zero-order chi connectivity index (χ0) is 16.2. The molecule has 7 nitrogen and oxygen atoms in total. The molecule has 1 amide bonds. The van der Waals surface area contributed by atoms with Gasteiger partial charge in [-0.2, -0.15) is 0 Å². The molecule has 2 aromatic rings. The molecule has 23 heavy (non-hydrogen) atoms. The quantitative estimate of drug-likeness (QED) is 0.639. The molecule has 0 fully saturated rings. The number of hydrogen-bond donors (Lipinski definition) is 0. The second kappa shape index (κ2) is 6.35. The van der Waals surface area contributed by atoms with Gasteiger partial charge in [0.05, 0.1) is 17.2 Å². The number of fused-ring (bicyclic) bond motifs is 1. The Morgan fingerprint density at radius 2 is 2.04 bits per heavy atom. The van der Waals surface area contributed by atoms with Crippen molar-refractivity contribution in [3.05, 3.63) is 58.6 Å². The average molecular weight is 314 g/mol. The van der Waals surface area contributed by atoms with Crippen LogP contribution < -0.4 is 14.4 Å². The Kier molecular flexibility index (Phi) is 4.09. The number of nitrogens with zero attached hydrogens (tertiary/aromatic N) is 2. The van der Waals surface area contributed by atoms with Crippen molar-refractivity contribution in [2.45, 2.75) is 0 Å². The standard InChI is InChI=1S/C16H14N2O5/c19-16(11-23-13-4-2-1-3-5-13)17-8-9-22-15-7-6-12(18(20)21)10-14(15)17/h1-7,10H,8-9,11H2. The highest BCUT2D eigenvalue weighted by Crippen LogP contribution is 2.34. The van der Waals surface area contributed by atoms with Crippen molar-refractivity contribution in [2.24, 2.45) is 0 Å². The first-order chi connectivity index (χ1) is 11.1. The second-order valence-corrected chi connectivity index (χ2v) is 4.90. The fourth-order valence-electron chi connectivity index (χ4n) is 2.32. The molecule has 2 aromatic carbocycles. The molecule has 0 radical (unpaired) electrons. The maximum Gasteiger partial charge on any atom is 0.271 e. The van der Waals surface area contributed by atoms with Crippen molar-refractivity contribution < 1.29 is 19.2 Å². The van der Waals surface area contributed by atoms with Gasteiger partial charge < -0.3 is 14.4 Å². The van der Waals surface area contributed by atoms with E-state index in [0.29, 0.717) is 30.3 Å². The summed E-state index contributed by atoms with van der Waals surface area (Å²) in [4.78, 5) is 24.3. The van der Waals surface area contributed by atoms with E-state index in [9.17, 15) is 14.9 Å². The number of para-hydroxylation sites is 1. The summed E-state index contributed by atoms with van der Waals surface area (Å²) in [5, 5.41) is 10.9. The number of amides is 1. The Hall–Kier alpha value is -3.09. The van der Waals surface area contributed by atoms with E-state index in [1.807, 2.05) is 18.2 Å². The van der Waals surface area contributed by atoms with Gasteiger partial charge in [-0.05, 0) is 18.2 Å². The van der Waals surface area contributed by atoms with Crippen molar-refractivity contribution in [3.8, 4) is 11.5 Å². The van der Waals surface area contributed by atoms with E-state index in [1.165, 1.54) is 23.1 Å². The number of anilines is 1. The predicted octanol–water partition coefficient (Wildman–Crippen LogP) is 2.40. The summed E-state index contributed by atoms with van der Waals surface area (Å²) in [6.45, 7) is 0.513. The first-order valence-electron chi connectivity index (χ1n) is 7.04. The number of benzene rings is 2. The number of carbonyl (C=O) groups is 1. The normalized spacial score (nSPS) is 13.0. The summed E-state index contributed by atoms with van der Waals surface area (Å²) in [5.74, 6) is 0.766. The molecule has 1 aliphatic rings. The predicted molar refractivity (Wildman–Crippen MR) is 82.9 cm³/mol. The topological polar surface area (TPSA) is 81.9 Å². The molecule has 0 spiro atoms. The number of ether oxygens (including phenoxy) is 2. The van der Waals surface area contributed by atoms with Gasteiger partial charge in [-0.1, -0.05) is 18.2 Å². The minimum atomic E-state index is -0.502. The van der Waals surface area contributed by atoms with Crippen molar-refractivity contribution in [2.75, 3.05) is 24.7 Å². The van der Waals surface area contributed by atoms with Crippen molar-refractivity contribution in [1.29, 1.82) is 0 Å². The van der Waals surface area contributed by atoms with Gasteiger partial charge in [-0.25, -0.2) is 0 Å². The van der Waals surface area contributed by atoms with Gasteiger partial charge in [0.2, 0.25) is 0 Å². The smallest absolute Gasteiger partial charge is 0.271 e. The number of nitro benzene ring substituents is 1. The van der Waals surface area contributed by atoms with Crippen LogP contribution in [0.1, 0.15) is 0 Å². The van der Waals surface area contributed by atoms with Gasteiger partial charge in [-0.3, -0.25) is 14.9 Å². The molecular weight excluding hydrogens is 300 g/mol. The lowest BCUT2D eigenvalue weighted by Crippen LogP contribution is -2.40. The molecule has 3 rings (SSSR count). The van der Waals surface area contributed by atoms with Crippen LogP contribution in [-0.2, 0) is 4.79 Å². The van der Waals surface area contributed by atoms with Gasteiger partial charge in [0, 0.05) is 12.1 Å². The highest BCUT2D eigenvalue weighted by atomic mass is 16.6. The van der Waals surface area contributed by atoms with E-state index >= 15 is 0 Å². The first-order valence-corrected chi connectivity index (χ1v) is 7.04. The molecule has 0 saturated heterocycles. The minimum Gasteiger partial charge on any atom is -0.490 e. The third-order valence-corrected chi connectivity index (χ3v) is 3.42. The van der Waals surface area contributed by atoms with E-state index in [-0.39, 0.29) is 18.2 Å². The number of hydrogen-bond acceptors (Lipinski definition) is 5. The van der Waals surface area contributed by atoms with Crippen LogP contribution in [-0.4, -0.2) is 30.6 Å². The van der Waals surface area contributed by atoms with Gasteiger partial charge in [0.25, 0.3) is 11.6 Å². The van der Waals surface area contributed by atoms with Crippen LogP contribution in [0.3, 0.4) is 0 Å². The Labute approximate surface area is 132 Å². The minimum absolute atomic E-state index is 0.0870. The fraction of sp³-hybridized carbons (Fsp3) is 0.188. The second-order valence-electron chi connectivity index (χ2n) is 4.90. The zero-order valence-electron chi connectivity index (χ0n) is 12.2. The van der Waals surface area contributed by atoms with Crippen molar-refractivity contribution >= 4 is 17.3 Å². The third kappa shape index (κ3) is 3.23. The van der Waals surface area contributed by atoms with Crippen LogP contribution in [0.5, 0.6) is 11.5 Å². The van der Waals surface area contributed by atoms with Gasteiger partial charge >= 0.3 is 0 Å². The largest absolute Gasteiger partial charge is 0.490 e. The molecule has 0 aromatic heterocycles. The highest BCUT2D eigenvalue weighted by molar-refractivity contribution is 5.96. The molecule has 1 heterocycles. The fourth-order valence-corrected chi connectivity index (χ4v) is 2.32. The summed E-state index contributed by atoms with van der Waals surface area (Å²) in [6.07, 6.45) is 0. The molecule has 118 valence electrons. The third-order valence-electron chi connectivity index (χ3n) is 3.42. The Balaban J connectivity index is 1.77. The lowest BCUT2D eigenvalue weighted by atomic mass is 10.2. The Morgan fingerprint density at radius 3 is 2.78 bits per heavy atom. The maximum atomic E-state index is 12.4. The van der Waals surface area contributed by atoms with Crippen LogP contribution in [0.2, 0.25) is 0 Å². The molecule has 1 aliphatic heterocycles. The van der Waals surface area contributed by atoms with Gasteiger partial charge in [0.1, 0.15) is 18.1 Å². The van der Waals surface area contributed by atoms with E-state index < -0.39 is 4.92 Å². The molecule has 0 saturated carbocycles. The van der Waals surface area contributed by atoms with Crippen LogP contribution in [0.4, 0.5) is 11.4 Å². The molecule has 0 N–H and O–H groups in total. The van der Waals surface area contributed by atoms with Gasteiger partial charge in [-0.15, -0.1) is 0 Å². The van der Waals surface area contributed by atoms with Crippen LogP contribution in [0.15, 0.2) is 48.5 Å². The molecule has 7 heteroatoms. The lowest BCUT2D eigenvalue weighted by molar-refractivity contribution is -0.384. The van der Waals surface area contributed by atoms with E-state index in [4.69, 9.17) is 9.47 Å². The summed E-state index contributed by atoms with van der Waals surface area (Å²) < 4.78 is 10.9. The average Bonchev–Trinajstić information content (AvgIpc) is 2.59. The number of rotatable bonds is 4. The monoisotopic (exact) mass is 314 g/mol. The summed E-state index contributed by atoms with van der Waals surface area (Å²) in [5.41, 5.74) is 0.308. The molecule has 0 bridgehead atoms. The van der Waals surface area contributed by atoms with Gasteiger partial charge in [0.15, 0.2) is 6.61 Å². The zero-order valence-corrected chi connectivity index (χ0v) is 12.2. The van der Waals surface area contributed by atoms with Crippen LogP contribution in [0, 0.1) is 10.1 Å². The van der Waals surface area contributed by atoms with E-state index in [0.717, 1.165) is 0 Å². The SMILES string of the molecule is O=C(COc1ccccc1)N1CCOc2ccc([N+](=O)[O-])cc21. The maximum absolute atomic E-state index is 12.4.